The van der Waals surface area contributed by atoms with E-state index in [4.69, 9.17) is 0 Å². The first-order valence-corrected chi connectivity index (χ1v) is 11.0. The Morgan fingerprint density at radius 2 is 1.97 bits per heavy atom. The van der Waals surface area contributed by atoms with E-state index >= 15 is 4.39 Å². The number of carboxylic acids is 1. The molecule has 182 valence electrons. The first-order chi connectivity index (χ1) is 16.5. The Hall–Kier alpha value is -3.89. The lowest BCUT2D eigenvalue weighted by molar-refractivity contribution is -0.119. The van der Waals surface area contributed by atoms with Crippen molar-refractivity contribution in [2.45, 2.75) is 26.3 Å². The van der Waals surface area contributed by atoms with Gasteiger partial charge in [0.05, 0.1) is 11.1 Å². The normalized spacial score (nSPS) is 22.8. The average molecular weight is 486 g/mol. The van der Waals surface area contributed by atoms with Crippen LogP contribution in [0, 0.1) is 28.8 Å². The molecule has 3 atom stereocenters. The molecule has 1 aromatic carbocycles. The van der Waals surface area contributed by atoms with Crippen molar-refractivity contribution in [1.82, 2.24) is 14.9 Å². The van der Waals surface area contributed by atoms with Gasteiger partial charge in [-0.05, 0) is 37.5 Å². The number of nitrogens with zero attached hydrogens (tertiary/aromatic N) is 3. The fourth-order valence-electron chi connectivity index (χ4n) is 5.22. The fourth-order valence-corrected chi connectivity index (χ4v) is 5.22. The molecule has 0 bridgehead atoms. The van der Waals surface area contributed by atoms with Crippen LogP contribution in [0.15, 0.2) is 35.3 Å². The van der Waals surface area contributed by atoms with Crippen LogP contribution < -0.4 is 15.6 Å². The first kappa shape index (κ1) is 22.9. The van der Waals surface area contributed by atoms with Gasteiger partial charge in [-0.25, -0.2) is 22.9 Å². The summed E-state index contributed by atoms with van der Waals surface area (Å²) in [6.45, 7) is 4.24. The Labute approximate surface area is 197 Å². The maximum atomic E-state index is 15.3. The molecular weight excluding hydrogens is 465 g/mol. The van der Waals surface area contributed by atoms with E-state index in [1.165, 1.54) is 6.92 Å². The van der Waals surface area contributed by atoms with Gasteiger partial charge in [-0.15, -0.1) is 0 Å². The summed E-state index contributed by atoms with van der Waals surface area (Å²) in [6.07, 6.45) is 1.77. The van der Waals surface area contributed by atoms with Gasteiger partial charge in [0.2, 0.25) is 11.3 Å². The van der Waals surface area contributed by atoms with E-state index < -0.39 is 34.4 Å². The second-order valence-electron chi connectivity index (χ2n) is 9.18. The lowest BCUT2D eigenvalue weighted by Gasteiger charge is -2.30. The van der Waals surface area contributed by atoms with Crippen molar-refractivity contribution < 1.29 is 27.9 Å². The van der Waals surface area contributed by atoms with E-state index in [1.54, 1.807) is 4.90 Å². The van der Waals surface area contributed by atoms with E-state index in [0.717, 1.165) is 35.4 Å². The zero-order chi connectivity index (χ0) is 25.2. The second kappa shape index (κ2) is 7.82. The van der Waals surface area contributed by atoms with Crippen LogP contribution in [-0.2, 0) is 4.79 Å². The van der Waals surface area contributed by atoms with Crippen molar-refractivity contribution in [2.75, 3.05) is 18.0 Å². The van der Waals surface area contributed by atoms with Crippen molar-refractivity contribution in [1.29, 1.82) is 0 Å². The lowest BCUT2D eigenvalue weighted by Crippen LogP contribution is -2.41. The second-order valence-corrected chi connectivity index (χ2v) is 9.18. The van der Waals surface area contributed by atoms with Gasteiger partial charge in [-0.1, -0.05) is 0 Å². The van der Waals surface area contributed by atoms with Gasteiger partial charge < -0.3 is 15.3 Å². The maximum Gasteiger partial charge on any atom is 0.341 e. The zero-order valence-electron chi connectivity index (χ0n) is 18.8. The molecule has 5 rings (SSSR count). The third kappa shape index (κ3) is 3.53. The molecule has 3 heterocycles. The molecule has 8 nitrogen and oxygen atoms in total. The summed E-state index contributed by atoms with van der Waals surface area (Å²) < 4.78 is 44.5. The minimum Gasteiger partial charge on any atom is -0.477 e. The molecule has 1 amide bonds. The Balaban J connectivity index is 1.68. The number of carboxylic acid groups (broad SMARTS) is 1. The van der Waals surface area contributed by atoms with Crippen molar-refractivity contribution in [3.8, 4) is 5.69 Å². The number of nitrogens with one attached hydrogen (secondary N) is 1. The van der Waals surface area contributed by atoms with Crippen LogP contribution in [0.1, 0.15) is 30.6 Å². The number of anilines is 1. The highest BCUT2D eigenvalue weighted by Crippen LogP contribution is 2.61. The number of aromatic nitrogens is 2. The molecule has 1 aliphatic carbocycles. The molecule has 3 aromatic rings. The summed E-state index contributed by atoms with van der Waals surface area (Å²) in [6, 6.07) is 3.39. The molecule has 2 aliphatic rings. The standard InChI is InChI=1S/C24H21F3N4O4/c1-11-24(10-28-12(2)32)7-13(24)8-30(11)22-18(27)6-15-20(33)16(23(34)35)9-31(21(15)29-22)19-4-3-14(25)5-17(19)26/h3-6,9,11,13H,7-8,10H2,1-2H3,(H,28,32)(H,34,35). The summed E-state index contributed by atoms with van der Waals surface area (Å²) in [7, 11) is 0. The van der Waals surface area contributed by atoms with E-state index in [0.29, 0.717) is 19.2 Å². The Kier molecular flexibility index (Phi) is 5.11. The SMILES string of the molecule is CC(=O)NCC12CC1CN(c1nc3c(cc1F)c(=O)c(C(=O)O)cn3-c1ccc(F)cc1F)C2C. The van der Waals surface area contributed by atoms with Gasteiger partial charge in [0.1, 0.15) is 17.2 Å². The highest BCUT2D eigenvalue weighted by Gasteiger charge is 2.64. The Morgan fingerprint density at radius 1 is 1.23 bits per heavy atom. The van der Waals surface area contributed by atoms with Crippen LogP contribution in [0.4, 0.5) is 19.0 Å². The van der Waals surface area contributed by atoms with Gasteiger partial charge in [-0.3, -0.25) is 14.2 Å². The maximum absolute atomic E-state index is 15.3. The number of carbonyl (C=O) groups is 2. The Morgan fingerprint density at radius 3 is 2.63 bits per heavy atom. The van der Waals surface area contributed by atoms with Crippen LogP contribution >= 0.6 is 0 Å². The molecule has 11 heteroatoms. The van der Waals surface area contributed by atoms with Crippen molar-refractivity contribution >= 4 is 28.7 Å². The number of hydrogen-bond donors (Lipinski definition) is 2. The molecule has 2 fully saturated rings. The summed E-state index contributed by atoms with van der Waals surface area (Å²) in [5.74, 6) is -4.28. The van der Waals surface area contributed by atoms with Crippen molar-refractivity contribution in [3.63, 3.8) is 0 Å². The van der Waals surface area contributed by atoms with Crippen LogP contribution in [0.3, 0.4) is 0 Å². The number of benzene rings is 1. The fraction of sp³-hybridized carbons (Fsp3) is 0.333. The predicted octanol–water partition coefficient (Wildman–Crippen LogP) is 2.85. The van der Waals surface area contributed by atoms with Gasteiger partial charge in [-0.2, -0.15) is 0 Å². The first-order valence-electron chi connectivity index (χ1n) is 11.0. The van der Waals surface area contributed by atoms with Crippen molar-refractivity contribution in [3.05, 3.63) is 63.7 Å². The van der Waals surface area contributed by atoms with Crippen LogP contribution in [-0.4, -0.2) is 45.7 Å². The van der Waals surface area contributed by atoms with E-state index in [1.807, 2.05) is 6.92 Å². The van der Waals surface area contributed by atoms with Crippen LogP contribution in [0.2, 0.25) is 0 Å². The largest absolute Gasteiger partial charge is 0.477 e. The third-order valence-electron chi connectivity index (χ3n) is 7.25. The Bertz CT molecular complexity index is 1470. The number of fused-ring (bicyclic) bond motifs is 2. The molecular formula is C24H21F3N4O4. The third-order valence-corrected chi connectivity index (χ3v) is 7.25. The van der Waals surface area contributed by atoms with Crippen LogP contribution in [0.25, 0.3) is 16.7 Å². The number of halogens is 3. The van der Waals surface area contributed by atoms with E-state index in [2.05, 4.69) is 10.3 Å². The monoisotopic (exact) mass is 486 g/mol. The molecule has 2 N–H and O–H groups in total. The number of piperidine rings is 1. The molecule has 2 aromatic heterocycles. The quantitative estimate of drug-likeness (QED) is 0.575. The zero-order valence-corrected chi connectivity index (χ0v) is 18.8. The number of carbonyl (C=O) groups excluding carboxylic acids is 1. The minimum atomic E-state index is -1.58. The number of pyridine rings is 2. The van der Waals surface area contributed by atoms with Gasteiger partial charge in [0.25, 0.3) is 0 Å². The summed E-state index contributed by atoms with van der Waals surface area (Å²) in [4.78, 5) is 42.0. The molecule has 1 aliphatic heterocycles. The molecule has 1 saturated carbocycles. The summed E-state index contributed by atoms with van der Waals surface area (Å²) in [5.41, 5.74) is -2.32. The minimum absolute atomic E-state index is 0.0712. The summed E-state index contributed by atoms with van der Waals surface area (Å²) >= 11 is 0. The molecule has 0 radical (unpaired) electrons. The number of amides is 1. The van der Waals surface area contributed by atoms with Gasteiger partial charge in [0.15, 0.2) is 17.3 Å². The lowest BCUT2D eigenvalue weighted by atomic mass is 9.97. The highest BCUT2D eigenvalue weighted by atomic mass is 19.1. The number of rotatable bonds is 5. The molecule has 1 saturated heterocycles. The summed E-state index contributed by atoms with van der Waals surface area (Å²) in [5, 5.41) is 12.0. The molecule has 35 heavy (non-hydrogen) atoms. The number of hydrogen-bond acceptors (Lipinski definition) is 5. The molecule has 0 spiro atoms. The van der Waals surface area contributed by atoms with Gasteiger partial charge >= 0.3 is 5.97 Å². The van der Waals surface area contributed by atoms with E-state index in [9.17, 15) is 28.3 Å². The van der Waals surface area contributed by atoms with Crippen molar-refractivity contribution in [2.24, 2.45) is 11.3 Å². The molecule has 3 unspecified atom stereocenters. The topological polar surface area (TPSA) is 105 Å². The van der Waals surface area contributed by atoms with Crippen LogP contribution in [0.5, 0.6) is 0 Å². The predicted molar refractivity (Wildman–Crippen MR) is 120 cm³/mol. The smallest absolute Gasteiger partial charge is 0.341 e. The number of aromatic carboxylic acids is 1. The van der Waals surface area contributed by atoms with Gasteiger partial charge in [0, 0.05) is 43.7 Å². The average Bonchev–Trinajstić information content (AvgIpc) is 3.43. The highest BCUT2D eigenvalue weighted by molar-refractivity contribution is 5.92. The van der Waals surface area contributed by atoms with E-state index in [-0.39, 0.29) is 45.8 Å².